The van der Waals surface area contributed by atoms with Crippen LogP contribution in [-0.2, 0) is 4.79 Å². The van der Waals surface area contributed by atoms with Crippen molar-refractivity contribution in [1.29, 1.82) is 0 Å². The number of imidazole rings is 1. The molecule has 0 radical (unpaired) electrons. The molecule has 5 heteroatoms. The van der Waals surface area contributed by atoms with Crippen LogP contribution in [0.25, 0.3) is 0 Å². The minimum atomic E-state index is -0.934. The number of rotatable bonds is 4. The molecule has 4 nitrogen and oxygen atoms in total. The Morgan fingerprint density at radius 3 is 2.89 bits per heavy atom. The van der Waals surface area contributed by atoms with E-state index in [4.69, 9.17) is 5.11 Å². The van der Waals surface area contributed by atoms with Crippen molar-refractivity contribution in [1.82, 2.24) is 9.97 Å². The lowest BCUT2D eigenvalue weighted by Gasteiger charge is -2.13. The number of carboxylic acid groups (broad SMARTS) is 1. The van der Waals surface area contributed by atoms with E-state index in [0.29, 0.717) is 17.1 Å². The zero-order chi connectivity index (χ0) is 13.1. The second-order valence-electron chi connectivity index (χ2n) is 4.13. The predicted molar refractivity (Wildman–Crippen MR) is 63.8 cm³/mol. The molecule has 2 rings (SSSR count). The van der Waals surface area contributed by atoms with Crippen LogP contribution in [0.15, 0.2) is 30.5 Å². The summed E-state index contributed by atoms with van der Waals surface area (Å²) >= 11 is 0. The third-order valence-corrected chi connectivity index (χ3v) is 2.73. The number of hydrogen-bond donors (Lipinski definition) is 2. The van der Waals surface area contributed by atoms with Gasteiger partial charge in [0.2, 0.25) is 0 Å². The summed E-state index contributed by atoms with van der Waals surface area (Å²) in [4.78, 5) is 18.0. The largest absolute Gasteiger partial charge is 0.481 e. The summed E-state index contributed by atoms with van der Waals surface area (Å²) in [6.45, 7) is 1.78. The molecule has 0 aliphatic rings. The minimum Gasteiger partial charge on any atom is -0.481 e. The quantitative estimate of drug-likeness (QED) is 0.873. The second-order valence-corrected chi connectivity index (χ2v) is 4.13. The van der Waals surface area contributed by atoms with Gasteiger partial charge in [-0.2, -0.15) is 0 Å². The predicted octanol–water partition coefficient (Wildman–Crippen LogP) is 2.46. The fraction of sp³-hybridized carbons (Fsp3) is 0.231. The molecule has 2 N–H and O–H groups in total. The van der Waals surface area contributed by atoms with E-state index < -0.39 is 11.9 Å². The number of aromatic nitrogens is 2. The zero-order valence-corrected chi connectivity index (χ0v) is 9.85. The van der Waals surface area contributed by atoms with Crippen LogP contribution >= 0.6 is 0 Å². The topological polar surface area (TPSA) is 66.0 Å². The standard InChI is InChI=1S/C13H13FN2O2/c1-8-15-7-12(16-8)11(6-13(17)18)9-3-2-4-10(14)5-9/h2-5,7,11H,6H2,1H3,(H,15,16)(H,17,18). The molecule has 0 amide bonds. The molecule has 0 aliphatic carbocycles. The first-order valence-corrected chi connectivity index (χ1v) is 5.55. The Morgan fingerprint density at radius 2 is 2.33 bits per heavy atom. The van der Waals surface area contributed by atoms with E-state index in [9.17, 15) is 9.18 Å². The highest BCUT2D eigenvalue weighted by atomic mass is 19.1. The van der Waals surface area contributed by atoms with Gasteiger partial charge in [-0.15, -0.1) is 0 Å². The van der Waals surface area contributed by atoms with Crippen LogP contribution in [0.5, 0.6) is 0 Å². The fourth-order valence-electron chi connectivity index (χ4n) is 1.92. The second kappa shape index (κ2) is 5.00. The number of nitrogens with zero attached hydrogens (tertiary/aromatic N) is 1. The lowest BCUT2D eigenvalue weighted by molar-refractivity contribution is -0.137. The van der Waals surface area contributed by atoms with Gasteiger partial charge in [-0.25, -0.2) is 9.37 Å². The Kier molecular flexibility index (Phi) is 3.41. The molecule has 94 valence electrons. The average Bonchev–Trinajstić information content (AvgIpc) is 2.72. The van der Waals surface area contributed by atoms with Gasteiger partial charge in [-0.05, 0) is 24.6 Å². The zero-order valence-electron chi connectivity index (χ0n) is 9.85. The van der Waals surface area contributed by atoms with Gasteiger partial charge in [-0.3, -0.25) is 4.79 Å². The summed E-state index contributed by atoms with van der Waals surface area (Å²) in [5.41, 5.74) is 1.31. The Balaban J connectivity index is 2.39. The van der Waals surface area contributed by atoms with E-state index in [0.717, 1.165) is 0 Å². The molecule has 1 atom stereocenters. The number of aryl methyl sites for hydroxylation is 1. The molecular weight excluding hydrogens is 235 g/mol. The molecule has 1 aromatic heterocycles. The monoisotopic (exact) mass is 248 g/mol. The summed E-state index contributed by atoms with van der Waals surface area (Å²) < 4.78 is 13.2. The van der Waals surface area contributed by atoms with Crippen molar-refractivity contribution in [3.63, 3.8) is 0 Å². The lowest BCUT2D eigenvalue weighted by atomic mass is 9.93. The SMILES string of the molecule is Cc1ncc(C(CC(=O)O)c2cccc(F)c2)[nH]1. The first-order valence-electron chi connectivity index (χ1n) is 5.55. The van der Waals surface area contributed by atoms with E-state index in [1.807, 2.05) is 0 Å². The maximum absolute atomic E-state index is 13.2. The molecule has 18 heavy (non-hydrogen) atoms. The molecule has 0 spiro atoms. The van der Waals surface area contributed by atoms with E-state index in [1.54, 1.807) is 25.3 Å². The first-order chi connectivity index (χ1) is 8.56. The number of aliphatic carboxylic acids is 1. The van der Waals surface area contributed by atoms with E-state index in [1.165, 1.54) is 12.1 Å². The van der Waals surface area contributed by atoms with Crippen LogP contribution in [0, 0.1) is 12.7 Å². The van der Waals surface area contributed by atoms with Crippen molar-refractivity contribution >= 4 is 5.97 Å². The smallest absolute Gasteiger partial charge is 0.304 e. The molecule has 0 saturated carbocycles. The number of carbonyl (C=O) groups is 1. The van der Waals surface area contributed by atoms with E-state index >= 15 is 0 Å². The highest BCUT2D eigenvalue weighted by Crippen LogP contribution is 2.27. The molecule has 0 bridgehead atoms. The average molecular weight is 248 g/mol. The third kappa shape index (κ3) is 2.74. The highest BCUT2D eigenvalue weighted by molar-refractivity contribution is 5.68. The van der Waals surface area contributed by atoms with Gasteiger partial charge in [0.05, 0.1) is 6.42 Å². The van der Waals surface area contributed by atoms with E-state index in [2.05, 4.69) is 9.97 Å². The Hall–Kier alpha value is -2.17. The Bertz CT molecular complexity index is 566. The van der Waals surface area contributed by atoms with Gasteiger partial charge in [0, 0.05) is 17.8 Å². The van der Waals surface area contributed by atoms with Crippen molar-refractivity contribution in [2.45, 2.75) is 19.3 Å². The van der Waals surface area contributed by atoms with Gasteiger partial charge in [-0.1, -0.05) is 12.1 Å². The molecule has 0 aliphatic heterocycles. The number of benzene rings is 1. The maximum atomic E-state index is 13.2. The summed E-state index contributed by atoms with van der Waals surface area (Å²) in [5, 5.41) is 8.95. The Morgan fingerprint density at radius 1 is 1.56 bits per heavy atom. The third-order valence-electron chi connectivity index (χ3n) is 2.73. The lowest BCUT2D eigenvalue weighted by Crippen LogP contribution is -2.08. The summed E-state index contributed by atoms with van der Waals surface area (Å²) in [5.74, 6) is -1.02. The van der Waals surface area contributed by atoms with Crippen molar-refractivity contribution in [3.8, 4) is 0 Å². The van der Waals surface area contributed by atoms with E-state index in [-0.39, 0.29) is 12.2 Å². The number of hydrogen-bond acceptors (Lipinski definition) is 2. The molecule has 1 heterocycles. The number of aromatic amines is 1. The summed E-state index contributed by atoms with van der Waals surface area (Å²) in [7, 11) is 0. The van der Waals surface area contributed by atoms with Gasteiger partial charge in [0.25, 0.3) is 0 Å². The number of carboxylic acids is 1. The van der Waals surface area contributed by atoms with Crippen LogP contribution in [0.2, 0.25) is 0 Å². The van der Waals surface area contributed by atoms with Crippen molar-refractivity contribution in [2.75, 3.05) is 0 Å². The minimum absolute atomic E-state index is 0.106. The van der Waals surface area contributed by atoms with Gasteiger partial charge >= 0.3 is 5.97 Å². The molecule has 1 unspecified atom stereocenters. The molecule has 0 fully saturated rings. The summed E-state index contributed by atoms with van der Waals surface area (Å²) in [6, 6.07) is 5.97. The molecule has 0 saturated heterocycles. The van der Waals surface area contributed by atoms with Crippen LogP contribution in [0.1, 0.15) is 29.4 Å². The molecule has 2 aromatic rings. The normalized spacial score (nSPS) is 12.3. The van der Waals surface area contributed by atoms with Crippen LogP contribution in [0.3, 0.4) is 0 Å². The highest BCUT2D eigenvalue weighted by Gasteiger charge is 2.20. The fourth-order valence-corrected chi connectivity index (χ4v) is 1.92. The van der Waals surface area contributed by atoms with Crippen molar-refractivity contribution in [2.24, 2.45) is 0 Å². The van der Waals surface area contributed by atoms with Crippen LogP contribution < -0.4 is 0 Å². The summed E-state index contributed by atoms with van der Waals surface area (Å²) in [6.07, 6.45) is 1.49. The van der Waals surface area contributed by atoms with Crippen LogP contribution in [-0.4, -0.2) is 21.0 Å². The molecule has 1 aromatic carbocycles. The van der Waals surface area contributed by atoms with Gasteiger partial charge < -0.3 is 10.1 Å². The van der Waals surface area contributed by atoms with Crippen molar-refractivity contribution in [3.05, 3.63) is 53.4 Å². The maximum Gasteiger partial charge on any atom is 0.304 e. The Labute approximate surface area is 103 Å². The number of nitrogens with one attached hydrogen (secondary N) is 1. The number of H-pyrrole nitrogens is 1. The van der Waals surface area contributed by atoms with Gasteiger partial charge in [0.15, 0.2) is 0 Å². The first kappa shape index (κ1) is 12.3. The van der Waals surface area contributed by atoms with Crippen molar-refractivity contribution < 1.29 is 14.3 Å². The van der Waals surface area contributed by atoms with Gasteiger partial charge in [0.1, 0.15) is 11.6 Å². The van der Waals surface area contributed by atoms with Crippen LogP contribution in [0.4, 0.5) is 4.39 Å². The number of halogens is 1. The molecular formula is C13H13FN2O2.